The van der Waals surface area contributed by atoms with Gasteiger partial charge in [-0.05, 0) is 69.3 Å². The van der Waals surface area contributed by atoms with Crippen molar-refractivity contribution < 1.29 is 9.53 Å². The molecule has 1 N–H and O–H groups in total. The fourth-order valence-corrected chi connectivity index (χ4v) is 3.72. The lowest BCUT2D eigenvalue weighted by Crippen LogP contribution is -2.37. The molecule has 2 atom stereocenters. The van der Waals surface area contributed by atoms with Crippen LogP contribution in [0.2, 0.25) is 0 Å². The van der Waals surface area contributed by atoms with Crippen LogP contribution in [0.4, 0.5) is 0 Å². The molecule has 1 fully saturated rings. The van der Waals surface area contributed by atoms with Gasteiger partial charge in [0.1, 0.15) is 5.75 Å². The standard InChI is InChI=1S/C20H32N2O2/c1-5-22(16(3)18-7-6-8-19(14-18)24-4)20(23)13-15(2)17-9-11-21-12-10-17/h6-8,14-17,21H,5,9-13H2,1-4H3. The molecule has 0 spiro atoms. The van der Waals surface area contributed by atoms with Crippen molar-refractivity contribution in [3.8, 4) is 5.75 Å². The molecule has 134 valence electrons. The summed E-state index contributed by atoms with van der Waals surface area (Å²) >= 11 is 0. The molecule has 1 aromatic carbocycles. The molecule has 1 heterocycles. The zero-order valence-corrected chi connectivity index (χ0v) is 15.5. The van der Waals surface area contributed by atoms with Crippen molar-refractivity contribution in [3.05, 3.63) is 29.8 Å². The van der Waals surface area contributed by atoms with Crippen LogP contribution in [-0.4, -0.2) is 37.6 Å². The van der Waals surface area contributed by atoms with Gasteiger partial charge in [-0.1, -0.05) is 19.1 Å². The van der Waals surface area contributed by atoms with E-state index in [0.717, 1.165) is 30.9 Å². The van der Waals surface area contributed by atoms with E-state index in [9.17, 15) is 4.79 Å². The highest BCUT2D eigenvalue weighted by Crippen LogP contribution is 2.28. The third kappa shape index (κ3) is 4.73. The van der Waals surface area contributed by atoms with Crippen molar-refractivity contribution in [3.63, 3.8) is 0 Å². The van der Waals surface area contributed by atoms with E-state index in [1.54, 1.807) is 7.11 Å². The lowest BCUT2D eigenvalue weighted by Gasteiger charge is -2.32. The number of carbonyl (C=O) groups is 1. The molecule has 0 aromatic heterocycles. The number of benzene rings is 1. The van der Waals surface area contributed by atoms with Crippen molar-refractivity contribution in [2.24, 2.45) is 11.8 Å². The fraction of sp³-hybridized carbons (Fsp3) is 0.650. The number of piperidine rings is 1. The molecule has 0 saturated carbocycles. The minimum absolute atomic E-state index is 0.0674. The summed E-state index contributed by atoms with van der Waals surface area (Å²) in [4.78, 5) is 14.9. The van der Waals surface area contributed by atoms with Crippen molar-refractivity contribution in [1.29, 1.82) is 0 Å². The first-order valence-electron chi connectivity index (χ1n) is 9.21. The molecule has 1 aromatic rings. The second-order valence-corrected chi connectivity index (χ2v) is 6.90. The molecule has 4 heteroatoms. The first kappa shape index (κ1) is 18.8. The quantitative estimate of drug-likeness (QED) is 0.829. The van der Waals surface area contributed by atoms with Crippen LogP contribution in [0.1, 0.15) is 51.6 Å². The molecule has 24 heavy (non-hydrogen) atoms. The van der Waals surface area contributed by atoms with Crippen molar-refractivity contribution in [1.82, 2.24) is 10.2 Å². The van der Waals surface area contributed by atoms with Gasteiger partial charge in [0.05, 0.1) is 13.2 Å². The van der Waals surface area contributed by atoms with Crippen molar-refractivity contribution >= 4 is 5.91 Å². The lowest BCUT2D eigenvalue weighted by molar-refractivity contribution is -0.134. The summed E-state index contributed by atoms with van der Waals surface area (Å²) in [6.07, 6.45) is 3.02. The number of ether oxygens (including phenoxy) is 1. The largest absolute Gasteiger partial charge is 0.497 e. The monoisotopic (exact) mass is 332 g/mol. The minimum Gasteiger partial charge on any atom is -0.497 e. The van der Waals surface area contributed by atoms with Gasteiger partial charge in [-0.15, -0.1) is 0 Å². The van der Waals surface area contributed by atoms with Crippen LogP contribution in [0.15, 0.2) is 24.3 Å². The molecule has 1 aliphatic heterocycles. The first-order chi connectivity index (χ1) is 11.6. The predicted molar refractivity (Wildman–Crippen MR) is 98.2 cm³/mol. The molecule has 1 saturated heterocycles. The third-order valence-corrected chi connectivity index (χ3v) is 5.39. The van der Waals surface area contributed by atoms with Crippen molar-refractivity contribution in [2.45, 2.75) is 46.1 Å². The number of hydrogen-bond donors (Lipinski definition) is 1. The molecule has 1 aliphatic rings. The predicted octanol–water partition coefficient (Wildman–Crippen LogP) is 3.63. The Morgan fingerprint density at radius 2 is 2.04 bits per heavy atom. The molecular weight excluding hydrogens is 300 g/mol. The van der Waals surface area contributed by atoms with Gasteiger partial charge in [0.15, 0.2) is 0 Å². The van der Waals surface area contributed by atoms with Gasteiger partial charge < -0.3 is 15.0 Å². The summed E-state index contributed by atoms with van der Waals surface area (Å²) in [6.45, 7) is 9.30. The molecular formula is C20H32N2O2. The number of methoxy groups -OCH3 is 1. The van der Waals surface area contributed by atoms with Crippen molar-refractivity contribution in [2.75, 3.05) is 26.7 Å². The Hall–Kier alpha value is -1.55. The summed E-state index contributed by atoms with van der Waals surface area (Å²) in [7, 11) is 1.67. The van der Waals surface area contributed by atoms with E-state index in [1.807, 2.05) is 23.1 Å². The highest BCUT2D eigenvalue weighted by atomic mass is 16.5. The number of nitrogens with one attached hydrogen (secondary N) is 1. The Balaban J connectivity index is 2.01. The second kappa shape index (κ2) is 9.07. The number of carbonyl (C=O) groups excluding carboxylic acids is 1. The molecule has 0 radical (unpaired) electrons. The van der Waals surface area contributed by atoms with Gasteiger partial charge >= 0.3 is 0 Å². The number of rotatable bonds is 7. The lowest BCUT2D eigenvalue weighted by atomic mass is 9.84. The highest BCUT2D eigenvalue weighted by molar-refractivity contribution is 5.77. The summed E-state index contributed by atoms with van der Waals surface area (Å²) in [5.74, 6) is 2.22. The smallest absolute Gasteiger partial charge is 0.223 e. The van der Waals surface area contributed by atoms with E-state index < -0.39 is 0 Å². The fourth-order valence-electron chi connectivity index (χ4n) is 3.72. The second-order valence-electron chi connectivity index (χ2n) is 6.90. The topological polar surface area (TPSA) is 41.6 Å². The average Bonchev–Trinajstić information content (AvgIpc) is 2.63. The van der Waals surface area contributed by atoms with E-state index in [1.165, 1.54) is 12.8 Å². The molecule has 0 aliphatic carbocycles. The normalized spacial score (nSPS) is 18.0. The minimum atomic E-state index is 0.0674. The number of hydrogen-bond acceptors (Lipinski definition) is 3. The zero-order valence-electron chi connectivity index (χ0n) is 15.5. The summed E-state index contributed by atoms with van der Waals surface area (Å²) < 4.78 is 5.31. The Labute approximate surface area is 146 Å². The Morgan fingerprint density at radius 3 is 2.67 bits per heavy atom. The zero-order chi connectivity index (χ0) is 17.5. The average molecular weight is 332 g/mol. The van der Waals surface area contributed by atoms with E-state index in [2.05, 4.69) is 32.2 Å². The Morgan fingerprint density at radius 1 is 1.33 bits per heavy atom. The van der Waals surface area contributed by atoms with Gasteiger partial charge in [-0.2, -0.15) is 0 Å². The molecule has 2 unspecified atom stereocenters. The van der Waals surface area contributed by atoms with Crippen LogP contribution in [-0.2, 0) is 4.79 Å². The highest BCUT2D eigenvalue weighted by Gasteiger charge is 2.26. The molecule has 2 rings (SSSR count). The maximum Gasteiger partial charge on any atom is 0.223 e. The van der Waals surface area contributed by atoms with E-state index in [0.29, 0.717) is 18.3 Å². The van der Waals surface area contributed by atoms with Crippen LogP contribution in [0, 0.1) is 11.8 Å². The Bertz CT molecular complexity index is 526. The van der Waals surface area contributed by atoms with Crippen LogP contribution in [0.5, 0.6) is 5.75 Å². The molecule has 1 amide bonds. The third-order valence-electron chi connectivity index (χ3n) is 5.39. The summed E-state index contributed by atoms with van der Waals surface area (Å²) in [6, 6.07) is 8.09. The maximum atomic E-state index is 12.9. The van der Waals surface area contributed by atoms with Gasteiger partial charge in [-0.25, -0.2) is 0 Å². The first-order valence-corrected chi connectivity index (χ1v) is 9.21. The molecule has 4 nitrogen and oxygen atoms in total. The van der Waals surface area contributed by atoms with Crippen LogP contribution in [0.3, 0.4) is 0 Å². The molecule has 0 bridgehead atoms. The van der Waals surface area contributed by atoms with Gasteiger partial charge in [0, 0.05) is 13.0 Å². The van der Waals surface area contributed by atoms with Crippen LogP contribution >= 0.6 is 0 Å². The van der Waals surface area contributed by atoms with Crippen LogP contribution < -0.4 is 10.1 Å². The van der Waals surface area contributed by atoms with E-state index >= 15 is 0 Å². The summed E-state index contributed by atoms with van der Waals surface area (Å²) in [5, 5.41) is 3.40. The van der Waals surface area contributed by atoms with E-state index in [-0.39, 0.29) is 11.9 Å². The number of nitrogens with zero attached hydrogens (tertiary/aromatic N) is 1. The maximum absolute atomic E-state index is 12.9. The van der Waals surface area contributed by atoms with Gasteiger partial charge in [0.2, 0.25) is 5.91 Å². The summed E-state index contributed by atoms with van der Waals surface area (Å²) in [5.41, 5.74) is 1.12. The SMILES string of the molecule is CCN(C(=O)CC(C)C1CCNCC1)C(C)c1cccc(OC)c1. The van der Waals surface area contributed by atoms with Gasteiger partial charge in [-0.3, -0.25) is 4.79 Å². The number of amides is 1. The Kier molecular flexibility index (Phi) is 7.10. The van der Waals surface area contributed by atoms with Crippen LogP contribution in [0.25, 0.3) is 0 Å². The van der Waals surface area contributed by atoms with Gasteiger partial charge in [0.25, 0.3) is 0 Å². The van der Waals surface area contributed by atoms with E-state index in [4.69, 9.17) is 4.74 Å².